The van der Waals surface area contributed by atoms with Crippen LogP contribution in [-0.2, 0) is 0 Å². The van der Waals surface area contributed by atoms with Gasteiger partial charge in [-0.25, -0.2) is 4.39 Å². The number of phenolic OH excluding ortho intramolecular Hbond substituents is 1. The third kappa shape index (κ3) is 2.12. The number of ether oxygens (including phenoxy) is 1. The van der Waals surface area contributed by atoms with Crippen molar-refractivity contribution in [2.75, 3.05) is 7.11 Å². The first kappa shape index (κ1) is 13.2. The van der Waals surface area contributed by atoms with Crippen LogP contribution in [0, 0.1) is 5.82 Å². The Morgan fingerprint density at radius 3 is 2.67 bits per heavy atom. The highest BCUT2D eigenvalue weighted by Gasteiger charge is 2.09. The van der Waals surface area contributed by atoms with E-state index in [2.05, 4.69) is 0 Å². The molecule has 0 radical (unpaired) electrons. The fraction of sp³-hybridized carbons (Fsp3) is 0.0625. The average Bonchev–Trinajstić information content (AvgIpc) is 2.50. The summed E-state index contributed by atoms with van der Waals surface area (Å²) in [6, 6.07) is 10.7. The second kappa shape index (κ2) is 4.94. The molecule has 106 valence electrons. The minimum atomic E-state index is -0.773. The van der Waals surface area contributed by atoms with Gasteiger partial charge in [0.05, 0.1) is 18.2 Å². The van der Waals surface area contributed by atoms with E-state index < -0.39 is 11.6 Å². The lowest BCUT2D eigenvalue weighted by Gasteiger charge is -2.10. The van der Waals surface area contributed by atoms with Crippen LogP contribution >= 0.6 is 0 Å². The van der Waals surface area contributed by atoms with Crippen molar-refractivity contribution in [3.8, 4) is 17.2 Å². The molecule has 2 aromatic carbocycles. The predicted octanol–water partition coefficient (Wildman–Crippen LogP) is 2.84. The lowest BCUT2D eigenvalue weighted by molar-refractivity contribution is 0.420. The van der Waals surface area contributed by atoms with Crippen LogP contribution in [-0.4, -0.2) is 16.8 Å². The maximum atomic E-state index is 13.4. The smallest absolute Gasteiger partial charge is 0.263 e. The SMILES string of the molecule is COc1cccc2c(=O)n(-c3ccc(O)c(F)c3)ccc12. The maximum absolute atomic E-state index is 13.4. The Bertz CT molecular complexity index is 886. The van der Waals surface area contributed by atoms with Crippen molar-refractivity contribution >= 4 is 10.8 Å². The third-order valence-electron chi connectivity index (χ3n) is 3.33. The van der Waals surface area contributed by atoms with Gasteiger partial charge in [-0.2, -0.15) is 0 Å². The normalized spacial score (nSPS) is 10.8. The molecule has 0 atom stereocenters. The molecule has 0 aliphatic carbocycles. The molecule has 0 unspecified atom stereocenters. The van der Waals surface area contributed by atoms with Gasteiger partial charge in [0.15, 0.2) is 11.6 Å². The molecule has 0 spiro atoms. The molecule has 5 heteroatoms. The number of methoxy groups -OCH3 is 1. The first-order valence-corrected chi connectivity index (χ1v) is 6.29. The Hall–Kier alpha value is -2.82. The van der Waals surface area contributed by atoms with Crippen molar-refractivity contribution in [2.45, 2.75) is 0 Å². The lowest BCUT2D eigenvalue weighted by atomic mass is 10.1. The number of hydrogen-bond acceptors (Lipinski definition) is 3. The van der Waals surface area contributed by atoms with Gasteiger partial charge < -0.3 is 9.84 Å². The predicted molar refractivity (Wildman–Crippen MR) is 77.7 cm³/mol. The molecule has 0 fully saturated rings. The summed E-state index contributed by atoms with van der Waals surface area (Å²) < 4.78 is 20.0. The molecule has 1 heterocycles. The van der Waals surface area contributed by atoms with E-state index in [4.69, 9.17) is 4.74 Å². The van der Waals surface area contributed by atoms with Gasteiger partial charge in [0, 0.05) is 17.6 Å². The van der Waals surface area contributed by atoms with Crippen molar-refractivity contribution in [3.05, 3.63) is 64.8 Å². The van der Waals surface area contributed by atoms with Crippen molar-refractivity contribution < 1.29 is 14.2 Å². The van der Waals surface area contributed by atoms with Gasteiger partial charge in [0.25, 0.3) is 5.56 Å². The van der Waals surface area contributed by atoms with E-state index in [0.29, 0.717) is 22.2 Å². The number of benzene rings is 2. The van der Waals surface area contributed by atoms with E-state index in [1.165, 1.54) is 23.8 Å². The summed E-state index contributed by atoms with van der Waals surface area (Å²) in [5.41, 5.74) is 0.0662. The topological polar surface area (TPSA) is 51.5 Å². The molecule has 0 amide bonds. The van der Waals surface area contributed by atoms with Crippen LogP contribution in [0.4, 0.5) is 4.39 Å². The molecule has 4 nitrogen and oxygen atoms in total. The van der Waals surface area contributed by atoms with Crippen LogP contribution in [0.25, 0.3) is 16.5 Å². The van der Waals surface area contributed by atoms with Gasteiger partial charge in [-0.3, -0.25) is 9.36 Å². The largest absolute Gasteiger partial charge is 0.505 e. The zero-order valence-electron chi connectivity index (χ0n) is 11.2. The zero-order chi connectivity index (χ0) is 15.0. The Balaban J connectivity index is 2.27. The minimum Gasteiger partial charge on any atom is -0.505 e. The van der Waals surface area contributed by atoms with Crippen LogP contribution < -0.4 is 10.3 Å². The summed E-state index contributed by atoms with van der Waals surface area (Å²) in [6.45, 7) is 0. The summed E-state index contributed by atoms with van der Waals surface area (Å²) in [4.78, 5) is 12.5. The maximum Gasteiger partial charge on any atom is 0.263 e. The number of fused-ring (bicyclic) bond motifs is 1. The van der Waals surface area contributed by atoms with Crippen LogP contribution in [0.1, 0.15) is 0 Å². The number of aromatic hydroxyl groups is 1. The van der Waals surface area contributed by atoms with Gasteiger partial charge in [0.1, 0.15) is 5.75 Å². The number of pyridine rings is 1. The first-order chi connectivity index (χ1) is 10.1. The van der Waals surface area contributed by atoms with Gasteiger partial charge in [-0.05, 0) is 30.3 Å². The number of hydrogen-bond donors (Lipinski definition) is 1. The standard InChI is InChI=1S/C16H12FNO3/c1-21-15-4-2-3-12-11(15)7-8-18(16(12)20)10-5-6-14(19)13(17)9-10/h2-9,19H,1H3. The number of aromatic nitrogens is 1. The Morgan fingerprint density at radius 2 is 1.95 bits per heavy atom. The Kier molecular flexibility index (Phi) is 3.10. The molecule has 1 N–H and O–H groups in total. The second-order valence-electron chi connectivity index (χ2n) is 4.55. The Labute approximate surface area is 119 Å². The summed E-state index contributed by atoms with van der Waals surface area (Å²) in [5.74, 6) is -0.618. The quantitative estimate of drug-likeness (QED) is 0.787. The Morgan fingerprint density at radius 1 is 1.14 bits per heavy atom. The summed E-state index contributed by atoms with van der Waals surface area (Å²) in [6.07, 6.45) is 1.55. The fourth-order valence-corrected chi connectivity index (χ4v) is 2.28. The monoisotopic (exact) mass is 285 g/mol. The highest BCUT2D eigenvalue weighted by atomic mass is 19.1. The minimum absolute atomic E-state index is 0.281. The molecule has 21 heavy (non-hydrogen) atoms. The number of halogens is 1. The molecule has 0 saturated carbocycles. The summed E-state index contributed by atoms with van der Waals surface area (Å²) in [5, 5.41) is 10.4. The van der Waals surface area contributed by atoms with Crippen molar-refractivity contribution in [2.24, 2.45) is 0 Å². The van der Waals surface area contributed by atoms with E-state index in [-0.39, 0.29) is 5.56 Å². The van der Waals surface area contributed by atoms with Crippen LogP contribution in [0.5, 0.6) is 11.5 Å². The highest BCUT2D eigenvalue weighted by Crippen LogP contribution is 2.24. The molecular formula is C16H12FNO3. The molecule has 0 saturated heterocycles. The van der Waals surface area contributed by atoms with Gasteiger partial charge in [-0.15, -0.1) is 0 Å². The molecule has 0 bridgehead atoms. The molecule has 3 aromatic rings. The third-order valence-corrected chi connectivity index (χ3v) is 3.33. The second-order valence-corrected chi connectivity index (χ2v) is 4.55. The van der Waals surface area contributed by atoms with Gasteiger partial charge >= 0.3 is 0 Å². The number of phenols is 1. The van der Waals surface area contributed by atoms with Crippen molar-refractivity contribution in [3.63, 3.8) is 0 Å². The van der Waals surface area contributed by atoms with E-state index >= 15 is 0 Å². The molecule has 3 rings (SSSR count). The van der Waals surface area contributed by atoms with E-state index in [9.17, 15) is 14.3 Å². The zero-order valence-corrected chi connectivity index (χ0v) is 11.2. The molecule has 0 aliphatic heterocycles. The average molecular weight is 285 g/mol. The molecule has 0 aliphatic rings. The highest BCUT2D eigenvalue weighted by molar-refractivity contribution is 5.87. The van der Waals surface area contributed by atoms with E-state index in [0.717, 1.165) is 6.07 Å². The number of rotatable bonds is 2. The van der Waals surface area contributed by atoms with Crippen LogP contribution in [0.2, 0.25) is 0 Å². The van der Waals surface area contributed by atoms with Gasteiger partial charge in [-0.1, -0.05) is 6.07 Å². The fourth-order valence-electron chi connectivity index (χ4n) is 2.28. The van der Waals surface area contributed by atoms with Crippen molar-refractivity contribution in [1.29, 1.82) is 0 Å². The van der Waals surface area contributed by atoms with E-state index in [1.807, 2.05) is 0 Å². The van der Waals surface area contributed by atoms with Gasteiger partial charge in [0.2, 0.25) is 0 Å². The van der Waals surface area contributed by atoms with Crippen molar-refractivity contribution in [1.82, 2.24) is 4.57 Å². The van der Waals surface area contributed by atoms with E-state index in [1.54, 1.807) is 30.5 Å². The van der Waals surface area contributed by atoms with Crippen LogP contribution in [0.15, 0.2) is 53.5 Å². The molecular weight excluding hydrogens is 273 g/mol. The number of nitrogens with zero attached hydrogens (tertiary/aromatic N) is 1. The van der Waals surface area contributed by atoms with Crippen LogP contribution in [0.3, 0.4) is 0 Å². The summed E-state index contributed by atoms with van der Waals surface area (Å²) >= 11 is 0. The summed E-state index contributed by atoms with van der Waals surface area (Å²) in [7, 11) is 1.54. The molecule has 1 aromatic heterocycles. The first-order valence-electron chi connectivity index (χ1n) is 6.29. The lowest BCUT2D eigenvalue weighted by Crippen LogP contribution is -2.17.